The van der Waals surface area contributed by atoms with Gasteiger partial charge in [-0.05, 0) is 44.8 Å². The Morgan fingerprint density at radius 3 is 1.02 bits per heavy atom. The predicted molar refractivity (Wildman–Crippen MR) is 208 cm³/mol. The van der Waals surface area contributed by atoms with Gasteiger partial charge in [-0.2, -0.15) is 0 Å². The smallest absolute Gasteiger partial charge is 0.222 e. The summed E-state index contributed by atoms with van der Waals surface area (Å²) >= 11 is 0. The van der Waals surface area contributed by atoms with Crippen molar-refractivity contribution in [1.29, 1.82) is 0 Å². The SMILES string of the molecule is CCCCCCCCCCCCCCCCN(CCCCCCCC(CCCCCC)CCCCCCC)CCCC(=O)N(C)C. The van der Waals surface area contributed by atoms with Crippen molar-refractivity contribution in [2.75, 3.05) is 33.7 Å². The Bertz CT molecular complexity index is 591. The number of hydrogen-bond acceptors (Lipinski definition) is 2. The van der Waals surface area contributed by atoms with Crippen LogP contribution in [0.15, 0.2) is 0 Å². The maximum Gasteiger partial charge on any atom is 0.222 e. The molecule has 1 amide bonds. The number of carbonyl (C=O) groups is 1. The molecule has 0 saturated carbocycles. The van der Waals surface area contributed by atoms with E-state index in [0.29, 0.717) is 6.42 Å². The van der Waals surface area contributed by atoms with Gasteiger partial charge in [0.25, 0.3) is 0 Å². The number of unbranched alkanes of at least 4 members (excludes halogenated alkanes) is 24. The van der Waals surface area contributed by atoms with Gasteiger partial charge in [0.05, 0.1) is 0 Å². The Balaban J connectivity index is 4.16. The maximum atomic E-state index is 12.1. The normalized spacial score (nSPS) is 12.3. The molecule has 0 aromatic rings. The molecule has 0 bridgehead atoms. The van der Waals surface area contributed by atoms with Crippen LogP contribution in [0, 0.1) is 5.92 Å². The lowest BCUT2D eigenvalue weighted by Gasteiger charge is -2.23. The molecule has 0 aliphatic rings. The molecule has 0 heterocycles. The number of amides is 1. The quantitative estimate of drug-likeness (QED) is 0.0622. The van der Waals surface area contributed by atoms with E-state index in [1.54, 1.807) is 4.90 Å². The van der Waals surface area contributed by atoms with Crippen LogP contribution in [0.3, 0.4) is 0 Å². The summed E-state index contributed by atoms with van der Waals surface area (Å²) in [6.07, 6.45) is 45.9. The van der Waals surface area contributed by atoms with Crippen molar-refractivity contribution in [3.8, 4) is 0 Å². The van der Waals surface area contributed by atoms with E-state index >= 15 is 0 Å². The Morgan fingerprint density at radius 2 is 0.674 bits per heavy atom. The van der Waals surface area contributed by atoms with E-state index in [-0.39, 0.29) is 5.91 Å². The van der Waals surface area contributed by atoms with Crippen LogP contribution in [0.25, 0.3) is 0 Å². The topological polar surface area (TPSA) is 23.6 Å². The van der Waals surface area contributed by atoms with Crippen molar-refractivity contribution >= 4 is 5.91 Å². The van der Waals surface area contributed by atoms with Crippen molar-refractivity contribution < 1.29 is 4.79 Å². The van der Waals surface area contributed by atoms with E-state index in [4.69, 9.17) is 0 Å². The summed E-state index contributed by atoms with van der Waals surface area (Å²) in [6, 6.07) is 0. The molecule has 0 radical (unpaired) electrons. The summed E-state index contributed by atoms with van der Waals surface area (Å²) in [7, 11) is 3.77. The zero-order valence-electron chi connectivity index (χ0n) is 32.8. The lowest BCUT2D eigenvalue weighted by atomic mass is 9.89. The molecule has 0 N–H and O–H groups in total. The summed E-state index contributed by atoms with van der Waals surface area (Å²) in [5, 5.41) is 0. The molecule has 0 aromatic heterocycles. The van der Waals surface area contributed by atoms with Crippen LogP contribution in [-0.2, 0) is 4.79 Å². The first-order valence-electron chi connectivity index (χ1n) is 21.5. The monoisotopic (exact) mass is 649 g/mol. The van der Waals surface area contributed by atoms with E-state index in [0.717, 1.165) is 18.9 Å². The molecular weight excluding hydrogens is 560 g/mol. The van der Waals surface area contributed by atoms with E-state index < -0.39 is 0 Å². The van der Waals surface area contributed by atoms with Gasteiger partial charge in [0.1, 0.15) is 0 Å². The van der Waals surface area contributed by atoms with Crippen LogP contribution < -0.4 is 0 Å². The van der Waals surface area contributed by atoms with Crippen molar-refractivity contribution in [2.24, 2.45) is 5.92 Å². The summed E-state index contributed by atoms with van der Waals surface area (Å²) < 4.78 is 0. The van der Waals surface area contributed by atoms with Gasteiger partial charge in [0, 0.05) is 20.5 Å². The van der Waals surface area contributed by atoms with Gasteiger partial charge in [-0.3, -0.25) is 4.79 Å². The summed E-state index contributed by atoms with van der Waals surface area (Å²) in [4.78, 5) is 16.6. The average molecular weight is 649 g/mol. The van der Waals surface area contributed by atoms with Crippen LogP contribution in [0.2, 0.25) is 0 Å². The second-order valence-electron chi connectivity index (χ2n) is 15.3. The first kappa shape index (κ1) is 45.4. The number of carbonyl (C=O) groups excluding carboxylic acids is 1. The second kappa shape index (κ2) is 37.3. The fourth-order valence-corrected chi connectivity index (χ4v) is 7.17. The first-order chi connectivity index (χ1) is 22.5. The van der Waals surface area contributed by atoms with Gasteiger partial charge in [-0.1, -0.05) is 207 Å². The molecule has 1 atom stereocenters. The highest BCUT2D eigenvalue weighted by Gasteiger charge is 2.10. The van der Waals surface area contributed by atoms with E-state index in [2.05, 4.69) is 25.7 Å². The molecular formula is C43H88N2O. The molecule has 1 unspecified atom stereocenters. The van der Waals surface area contributed by atoms with Gasteiger partial charge >= 0.3 is 0 Å². The summed E-state index contributed by atoms with van der Waals surface area (Å²) in [5.74, 6) is 1.27. The van der Waals surface area contributed by atoms with E-state index in [1.165, 1.54) is 212 Å². The van der Waals surface area contributed by atoms with E-state index in [9.17, 15) is 4.79 Å². The lowest BCUT2D eigenvalue weighted by Crippen LogP contribution is -2.29. The molecule has 0 aliphatic heterocycles. The predicted octanol–water partition coefficient (Wildman–Crippen LogP) is 13.9. The number of rotatable bonds is 38. The van der Waals surface area contributed by atoms with Gasteiger partial charge in [-0.25, -0.2) is 0 Å². The van der Waals surface area contributed by atoms with Crippen LogP contribution in [0.5, 0.6) is 0 Å². The third-order valence-electron chi connectivity index (χ3n) is 10.5. The van der Waals surface area contributed by atoms with Crippen molar-refractivity contribution in [1.82, 2.24) is 9.80 Å². The standard InChI is InChI=1S/C43H88N2O/c1-6-9-12-15-16-17-18-19-20-21-22-23-27-32-39-45(41-34-38-43(46)44(4)5)40-33-28-24-26-31-37-42(35-29-14-11-8-3)36-30-25-13-10-7-2/h42H,6-41H2,1-5H3. The zero-order chi connectivity index (χ0) is 33.8. The maximum absolute atomic E-state index is 12.1. The Hall–Kier alpha value is -0.570. The van der Waals surface area contributed by atoms with Gasteiger partial charge in [-0.15, -0.1) is 0 Å². The number of nitrogens with zero attached hydrogens (tertiary/aromatic N) is 2. The molecule has 0 spiro atoms. The minimum absolute atomic E-state index is 0.279. The minimum Gasteiger partial charge on any atom is -0.349 e. The Labute approximate surface area is 292 Å². The van der Waals surface area contributed by atoms with Crippen molar-refractivity contribution in [3.63, 3.8) is 0 Å². The van der Waals surface area contributed by atoms with Gasteiger partial charge in [0.2, 0.25) is 5.91 Å². The summed E-state index contributed by atoms with van der Waals surface area (Å²) in [6.45, 7) is 10.5. The van der Waals surface area contributed by atoms with Crippen LogP contribution in [0.4, 0.5) is 0 Å². The third-order valence-corrected chi connectivity index (χ3v) is 10.5. The van der Waals surface area contributed by atoms with Gasteiger partial charge in [0.15, 0.2) is 0 Å². The fraction of sp³-hybridized carbons (Fsp3) is 0.977. The van der Waals surface area contributed by atoms with Crippen LogP contribution in [-0.4, -0.2) is 49.4 Å². The highest BCUT2D eigenvalue weighted by Crippen LogP contribution is 2.24. The average Bonchev–Trinajstić information content (AvgIpc) is 3.05. The van der Waals surface area contributed by atoms with Crippen molar-refractivity contribution in [2.45, 2.75) is 233 Å². The molecule has 0 rings (SSSR count). The first-order valence-corrected chi connectivity index (χ1v) is 21.5. The molecule has 3 nitrogen and oxygen atoms in total. The van der Waals surface area contributed by atoms with Crippen LogP contribution >= 0.6 is 0 Å². The molecule has 3 heteroatoms. The summed E-state index contributed by atoms with van der Waals surface area (Å²) in [5.41, 5.74) is 0. The third kappa shape index (κ3) is 33.3. The van der Waals surface area contributed by atoms with Crippen LogP contribution in [0.1, 0.15) is 233 Å². The zero-order valence-corrected chi connectivity index (χ0v) is 32.8. The molecule has 0 fully saturated rings. The Kier molecular flexibility index (Phi) is 36.8. The highest BCUT2D eigenvalue weighted by molar-refractivity contribution is 5.75. The van der Waals surface area contributed by atoms with Crippen molar-refractivity contribution in [3.05, 3.63) is 0 Å². The lowest BCUT2D eigenvalue weighted by molar-refractivity contribution is -0.128. The molecule has 0 aliphatic carbocycles. The molecule has 276 valence electrons. The molecule has 0 aromatic carbocycles. The largest absolute Gasteiger partial charge is 0.349 e. The van der Waals surface area contributed by atoms with Gasteiger partial charge < -0.3 is 9.80 Å². The fourth-order valence-electron chi connectivity index (χ4n) is 7.17. The highest BCUT2D eigenvalue weighted by atomic mass is 16.2. The number of hydrogen-bond donors (Lipinski definition) is 0. The minimum atomic E-state index is 0.279. The van der Waals surface area contributed by atoms with E-state index in [1.807, 2.05) is 14.1 Å². The second-order valence-corrected chi connectivity index (χ2v) is 15.3. The molecule has 0 saturated heterocycles. The molecule has 46 heavy (non-hydrogen) atoms. The Morgan fingerprint density at radius 1 is 0.391 bits per heavy atom.